The number of imide groups is 1. The number of benzene rings is 1. The lowest BCUT2D eigenvalue weighted by Crippen LogP contribution is -2.19. The Hall–Kier alpha value is -1.23. The molecule has 0 bridgehead atoms. The Balaban J connectivity index is 2.72. The Kier molecular flexibility index (Phi) is 1.69. The highest BCUT2D eigenvalue weighted by Crippen LogP contribution is 2.23. The van der Waals surface area contributed by atoms with Gasteiger partial charge in [0.2, 0.25) is 0 Å². The summed E-state index contributed by atoms with van der Waals surface area (Å²) in [6, 6.07) is 2.34. The van der Waals surface area contributed by atoms with E-state index in [2.05, 4.69) is 21.2 Å². The third-order valence-corrected chi connectivity index (χ3v) is 2.38. The standard InChI is InChI=1S/C8H3BrFNO2/c9-5-1-3-4(2-6(5)10)8(13)11-7(3)12/h1-2H,(H,11,12,13). The molecule has 1 aromatic rings. The molecule has 2 rings (SSSR count). The first-order chi connectivity index (χ1) is 6.09. The quantitative estimate of drug-likeness (QED) is 0.702. The van der Waals surface area contributed by atoms with Gasteiger partial charge in [0.15, 0.2) is 0 Å². The van der Waals surface area contributed by atoms with Gasteiger partial charge < -0.3 is 0 Å². The van der Waals surface area contributed by atoms with E-state index in [1.165, 1.54) is 6.07 Å². The lowest BCUT2D eigenvalue weighted by atomic mass is 10.1. The van der Waals surface area contributed by atoms with Gasteiger partial charge in [0.1, 0.15) is 5.82 Å². The molecular formula is C8H3BrFNO2. The molecule has 0 unspecified atom stereocenters. The Bertz CT molecular complexity index is 391. The first-order valence-electron chi connectivity index (χ1n) is 3.44. The third kappa shape index (κ3) is 1.16. The number of rotatable bonds is 0. The second kappa shape index (κ2) is 2.63. The summed E-state index contributed by atoms with van der Waals surface area (Å²) in [6.45, 7) is 0. The summed E-state index contributed by atoms with van der Waals surface area (Å²) < 4.78 is 13.1. The molecule has 1 aromatic carbocycles. The predicted molar refractivity (Wildman–Crippen MR) is 45.9 cm³/mol. The van der Waals surface area contributed by atoms with Gasteiger partial charge in [0.05, 0.1) is 15.6 Å². The van der Waals surface area contributed by atoms with Crippen LogP contribution in [0.1, 0.15) is 20.7 Å². The molecular weight excluding hydrogens is 241 g/mol. The number of fused-ring (bicyclic) bond motifs is 1. The van der Waals surface area contributed by atoms with Crippen LogP contribution >= 0.6 is 15.9 Å². The summed E-state index contributed by atoms with van der Waals surface area (Å²) in [5, 5.41) is 2.07. The second-order valence-corrected chi connectivity index (χ2v) is 3.45. The fraction of sp³-hybridized carbons (Fsp3) is 0. The van der Waals surface area contributed by atoms with Gasteiger partial charge in [-0.15, -0.1) is 0 Å². The Morgan fingerprint density at radius 1 is 1.15 bits per heavy atom. The molecule has 5 heteroatoms. The number of hydrogen-bond acceptors (Lipinski definition) is 2. The summed E-state index contributed by atoms with van der Waals surface area (Å²) in [6.07, 6.45) is 0. The Morgan fingerprint density at radius 2 is 1.69 bits per heavy atom. The maximum absolute atomic E-state index is 12.9. The van der Waals surface area contributed by atoms with Crippen LogP contribution in [0.3, 0.4) is 0 Å². The minimum absolute atomic E-state index is 0.0886. The molecule has 1 N–H and O–H groups in total. The molecule has 66 valence electrons. The van der Waals surface area contributed by atoms with E-state index >= 15 is 0 Å². The van der Waals surface area contributed by atoms with Crippen LogP contribution in [0.5, 0.6) is 0 Å². The highest BCUT2D eigenvalue weighted by molar-refractivity contribution is 9.10. The van der Waals surface area contributed by atoms with Gasteiger partial charge in [0.25, 0.3) is 11.8 Å². The van der Waals surface area contributed by atoms with Crippen molar-refractivity contribution in [1.29, 1.82) is 0 Å². The lowest BCUT2D eigenvalue weighted by Gasteiger charge is -1.96. The fourth-order valence-corrected chi connectivity index (χ4v) is 1.50. The van der Waals surface area contributed by atoms with Gasteiger partial charge in [-0.05, 0) is 28.1 Å². The molecule has 1 aliphatic rings. The van der Waals surface area contributed by atoms with Gasteiger partial charge in [0, 0.05) is 0 Å². The number of carbonyl (C=O) groups excluding carboxylic acids is 2. The molecule has 0 saturated heterocycles. The van der Waals surface area contributed by atoms with Gasteiger partial charge >= 0.3 is 0 Å². The van der Waals surface area contributed by atoms with Crippen molar-refractivity contribution >= 4 is 27.7 Å². The van der Waals surface area contributed by atoms with Gasteiger partial charge in [-0.3, -0.25) is 14.9 Å². The van der Waals surface area contributed by atoms with Gasteiger partial charge in [-0.1, -0.05) is 0 Å². The van der Waals surface area contributed by atoms with Crippen LogP contribution in [-0.4, -0.2) is 11.8 Å². The van der Waals surface area contributed by atoms with Gasteiger partial charge in [-0.25, -0.2) is 4.39 Å². The van der Waals surface area contributed by atoms with Crippen molar-refractivity contribution in [3.63, 3.8) is 0 Å². The van der Waals surface area contributed by atoms with Crippen LogP contribution in [0.2, 0.25) is 0 Å². The van der Waals surface area contributed by atoms with Crippen LogP contribution in [0.15, 0.2) is 16.6 Å². The highest BCUT2D eigenvalue weighted by atomic mass is 79.9. The largest absolute Gasteiger partial charge is 0.288 e. The minimum Gasteiger partial charge on any atom is -0.288 e. The summed E-state index contributed by atoms with van der Waals surface area (Å²) in [4.78, 5) is 22.1. The molecule has 13 heavy (non-hydrogen) atoms. The number of nitrogens with one attached hydrogen (secondary N) is 1. The SMILES string of the molecule is O=C1NC(=O)c2cc(Br)c(F)cc21. The van der Waals surface area contributed by atoms with Gasteiger partial charge in [-0.2, -0.15) is 0 Å². The topological polar surface area (TPSA) is 46.2 Å². The summed E-state index contributed by atoms with van der Waals surface area (Å²) in [5.74, 6) is -1.59. The zero-order valence-corrected chi connectivity index (χ0v) is 7.81. The van der Waals surface area contributed by atoms with Crippen LogP contribution in [-0.2, 0) is 0 Å². The van der Waals surface area contributed by atoms with E-state index in [0.29, 0.717) is 0 Å². The average molecular weight is 244 g/mol. The summed E-state index contributed by atoms with van der Waals surface area (Å²) in [5.41, 5.74) is 0.295. The van der Waals surface area contributed by atoms with E-state index in [0.717, 1.165) is 6.07 Å². The fourth-order valence-electron chi connectivity index (χ4n) is 1.16. The van der Waals surface area contributed by atoms with Crippen LogP contribution in [0.25, 0.3) is 0 Å². The molecule has 0 radical (unpaired) electrons. The molecule has 1 heterocycles. The normalized spacial score (nSPS) is 14.3. The maximum Gasteiger partial charge on any atom is 0.259 e. The lowest BCUT2D eigenvalue weighted by molar-refractivity contribution is 0.0879. The first-order valence-corrected chi connectivity index (χ1v) is 4.23. The molecule has 0 spiro atoms. The van der Waals surface area contributed by atoms with Crippen LogP contribution in [0, 0.1) is 5.82 Å². The Morgan fingerprint density at radius 3 is 2.31 bits per heavy atom. The summed E-state index contributed by atoms with van der Waals surface area (Å²) >= 11 is 2.93. The van der Waals surface area contributed by atoms with Crippen LogP contribution in [0.4, 0.5) is 4.39 Å². The molecule has 0 atom stereocenters. The molecule has 0 aromatic heterocycles. The molecule has 0 aliphatic carbocycles. The maximum atomic E-state index is 12.9. The average Bonchev–Trinajstić information content (AvgIpc) is 2.31. The number of amides is 2. The zero-order chi connectivity index (χ0) is 9.59. The van der Waals surface area contributed by atoms with E-state index in [1.54, 1.807) is 0 Å². The van der Waals surface area contributed by atoms with Crippen molar-refractivity contribution < 1.29 is 14.0 Å². The van der Waals surface area contributed by atoms with Crippen molar-refractivity contribution in [2.75, 3.05) is 0 Å². The van der Waals surface area contributed by atoms with E-state index in [-0.39, 0.29) is 15.6 Å². The number of halogens is 2. The van der Waals surface area contributed by atoms with Crippen molar-refractivity contribution in [3.8, 4) is 0 Å². The van der Waals surface area contributed by atoms with Crippen molar-refractivity contribution in [2.45, 2.75) is 0 Å². The van der Waals surface area contributed by atoms with E-state index in [4.69, 9.17) is 0 Å². The molecule has 0 fully saturated rings. The number of carbonyl (C=O) groups is 2. The predicted octanol–water partition coefficient (Wildman–Crippen LogP) is 1.47. The van der Waals surface area contributed by atoms with Crippen molar-refractivity contribution in [3.05, 3.63) is 33.5 Å². The third-order valence-electron chi connectivity index (χ3n) is 1.78. The summed E-state index contributed by atoms with van der Waals surface area (Å²) in [7, 11) is 0. The highest BCUT2D eigenvalue weighted by Gasteiger charge is 2.27. The first kappa shape index (κ1) is 8.37. The molecule has 0 saturated carbocycles. The van der Waals surface area contributed by atoms with Crippen LogP contribution < -0.4 is 5.32 Å². The molecule has 2 amide bonds. The second-order valence-electron chi connectivity index (χ2n) is 2.60. The van der Waals surface area contributed by atoms with E-state index in [9.17, 15) is 14.0 Å². The minimum atomic E-state index is -0.552. The van der Waals surface area contributed by atoms with E-state index in [1.807, 2.05) is 0 Å². The van der Waals surface area contributed by atoms with Crippen molar-refractivity contribution in [2.24, 2.45) is 0 Å². The van der Waals surface area contributed by atoms with E-state index < -0.39 is 17.6 Å². The Labute approximate surface area is 81.1 Å². The van der Waals surface area contributed by atoms with Crippen molar-refractivity contribution in [1.82, 2.24) is 5.32 Å². The molecule has 1 aliphatic heterocycles. The zero-order valence-electron chi connectivity index (χ0n) is 6.23. The molecule has 3 nitrogen and oxygen atoms in total. The monoisotopic (exact) mass is 243 g/mol. The smallest absolute Gasteiger partial charge is 0.259 e. The number of hydrogen-bond donors (Lipinski definition) is 1.